The number of benzene rings is 1. The molecule has 2 heterocycles. The first-order valence-electron chi connectivity index (χ1n) is 9.62. The predicted octanol–water partition coefficient (Wildman–Crippen LogP) is 4.47. The Morgan fingerprint density at radius 2 is 1.90 bits per heavy atom. The van der Waals surface area contributed by atoms with Gasteiger partial charge < -0.3 is 10.1 Å². The molecule has 0 saturated carbocycles. The third-order valence-electron chi connectivity index (χ3n) is 4.94. The van der Waals surface area contributed by atoms with E-state index in [9.17, 15) is 13.4 Å². The van der Waals surface area contributed by atoms with E-state index in [0.29, 0.717) is 24.5 Å². The van der Waals surface area contributed by atoms with E-state index < -0.39 is 22.7 Å². The lowest BCUT2D eigenvalue weighted by Crippen LogP contribution is -2.49. The number of thiophene rings is 1. The maximum atomic E-state index is 13.1. The van der Waals surface area contributed by atoms with E-state index in [4.69, 9.17) is 4.74 Å². The lowest BCUT2D eigenvalue weighted by molar-refractivity contribution is 0.0506. The molecule has 1 aliphatic rings. The van der Waals surface area contributed by atoms with Crippen LogP contribution in [0.5, 0.6) is 0 Å². The molecule has 0 radical (unpaired) electrons. The number of rotatable bonds is 5. The van der Waals surface area contributed by atoms with Crippen LogP contribution in [0.15, 0.2) is 46.7 Å². The number of carbonyl (C=O) groups excluding carboxylic acids is 1. The Kier molecular flexibility index (Phi) is 6.76. The van der Waals surface area contributed by atoms with Crippen LogP contribution in [0.2, 0.25) is 0 Å². The first-order chi connectivity index (χ1) is 13.7. The van der Waals surface area contributed by atoms with Crippen molar-refractivity contribution in [1.29, 1.82) is 0 Å². The molecule has 1 aromatic carbocycles. The van der Waals surface area contributed by atoms with Gasteiger partial charge in [-0.25, -0.2) is 17.7 Å². The van der Waals surface area contributed by atoms with E-state index in [0.717, 1.165) is 12.8 Å². The normalized spacial score (nSPS) is 18.2. The van der Waals surface area contributed by atoms with Gasteiger partial charge in [0.2, 0.25) is 0 Å². The molecule has 5 nitrogen and oxygen atoms in total. The second kappa shape index (κ2) is 8.93. The van der Waals surface area contributed by atoms with Gasteiger partial charge in [0, 0.05) is 29.9 Å². The topological polar surface area (TPSA) is 58.6 Å². The molecule has 1 amide bonds. The van der Waals surface area contributed by atoms with Crippen LogP contribution in [0.3, 0.4) is 0 Å². The summed E-state index contributed by atoms with van der Waals surface area (Å²) in [5.41, 5.74) is -0.760. The summed E-state index contributed by atoms with van der Waals surface area (Å²) in [6, 6.07) is 9.90. The lowest BCUT2D eigenvalue weighted by Gasteiger charge is -2.40. The highest BCUT2D eigenvalue weighted by molar-refractivity contribution is 7.82. The van der Waals surface area contributed by atoms with E-state index in [1.807, 2.05) is 36.5 Å². The summed E-state index contributed by atoms with van der Waals surface area (Å²) in [6.07, 6.45) is 1.10. The molecule has 0 bridgehead atoms. The Morgan fingerprint density at radius 1 is 1.24 bits per heavy atom. The van der Waals surface area contributed by atoms with Crippen molar-refractivity contribution < 1.29 is 18.1 Å². The summed E-state index contributed by atoms with van der Waals surface area (Å²) in [4.78, 5) is 14.0. The first kappa shape index (κ1) is 21.9. The fraction of sp³-hybridized carbons (Fsp3) is 0.476. The second-order valence-electron chi connectivity index (χ2n) is 8.25. The van der Waals surface area contributed by atoms with Crippen molar-refractivity contribution in [3.63, 3.8) is 0 Å². The molecule has 8 heteroatoms. The fourth-order valence-corrected chi connectivity index (χ4v) is 5.59. The SMILES string of the molecule is CC(C)(C)OC(=O)NCC1(c2cccs2)CCN(S(=O)c2ccc(F)cc2)CC1. The molecule has 0 spiro atoms. The Balaban J connectivity index is 1.68. The van der Waals surface area contributed by atoms with Crippen LogP contribution in [0, 0.1) is 5.82 Å². The van der Waals surface area contributed by atoms with Gasteiger partial charge in [-0.1, -0.05) is 6.07 Å². The molecular weight excluding hydrogens is 411 g/mol. The summed E-state index contributed by atoms with van der Waals surface area (Å²) < 4.78 is 33.3. The highest BCUT2D eigenvalue weighted by atomic mass is 32.2. The van der Waals surface area contributed by atoms with Crippen molar-refractivity contribution in [2.45, 2.75) is 49.5 Å². The smallest absolute Gasteiger partial charge is 0.407 e. The van der Waals surface area contributed by atoms with Crippen LogP contribution in [0.4, 0.5) is 9.18 Å². The highest BCUT2D eigenvalue weighted by Gasteiger charge is 2.39. The minimum Gasteiger partial charge on any atom is -0.444 e. The molecule has 2 aromatic rings. The van der Waals surface area contributed by atoms with Gasteiger partial charge >= 0.3 is 6.09 Å². The summed E-state index contributed by atoms with van der Waals surface area (Å²) in [5, 5.41) is 4.96. The second-order valence-corrected chi connectivity index (χ2v) is 10.7. The van der Waals surface area contributed by atoms with Crippen molar-refractivity contribution in [2.75, 3.05) is 19.6 Å². The van der Waals surface area contributed by atoms with Gasteiger partial charge in [-0.3, -0.25) is 0 Å². The number of alkyl carbamates (subject to hydrolysis) is 1. The average molecular weight is 439 g/mol. The number of ether oxygens (including phenoxy) is 1. The van der Waals surface area contributed by atoms with E-state index in [2.05, 4.69) is 11.4 Å². The van der Waals surface area contributed by atoms with Gasteiger partial charge in [0.25, 0.3) is 0 Å². The number of piperidine rings is 1. The Morgan fingerprint density at radius 3 is 2.45 bits per heavy atom. The van der Waals surface area contributed by atoms with Gasteiger partial charge in [0.15, 0.2) is 0 Å². The molecule has 1 atom stereocenters. The molecule has 1 unspecified atom stereocenters. The van der Waals surface area contributed by atoms with Crippen LogP contribution < -0.4 is 5.32 Å². The molecule has 1 N–H and O–H groups in total. The van der Waals surface area contributed by atoms with Gasteiger partial charge in [-0.15, -0.1) is 11.3 Å². The van der Waals surface area contributed by atoms with Gasteiger partial charge in [0.05, 0.1) is 4.90 Å². The third-order valence-corrected chi connectivity index (χ3v) is 7.57. The van der Waals surface area contributed by atoms with Crippen LogP contribution >= 0.6 is 11.3 Å². The standard InChI is InChI=1S/C21H27FN2O3S2/c1-20(2,3)27-19(25)23-15-21(18-5-4-14-28-18)10-12-24(13-11-21)29(26)17-8-6-16(22)7-9-17/h4-9,14H,10-13,15H2,1-3H3,(H,23,25). The minimum atomic E-state index is -1.33. The molecule has 1 saturated heterocycles. The van der Waals surface area contributed by atoms with E-state index in [1.54, 1.807) is 23.5 Å². The molecule has 158 valence electrons. The summed E-state index contributed by atoms with van der Waals surface area (Å²) in [5.74, 6) is -0.339. The van der Waals surface area contributed by atoms with Crippen molar-refractivity contribution in [3.05, 3.63) is 52.5 Å². The van der Waals surface area contributed by atoms with Gasteiger partial charge in [-0.2, -0.15) is 0 Å². The summed E-state index contributed by atoms with van der Waals surface area (Å²) in [6.45, 7) is 7.23. The monoisotopic (exact) mass is 438 g/mol. The molecule has 1 aliphatic heterocycles. The van der Waals surface area contributed by atoms with Crippen LogP contribution in [-0.4, -0.2) is 39.8 Å². The van der Waals surface area contributed by atoms with Gasteiger partial charge in [0.1, 0.15) is 22.4 Å². The number of nitrogens with one attached hydrogen (secondary N) is 1. The molecule has 0 aliphatic carbocycles. The number of amides is 1. The Labute approximate surface area is 177 Å². The largest absolute Gasteiger partial charge is 0.444 e. The zero-order chi connectivity index (χ0) is 21.1. The fourth-order valence-electron chi connectivity index (χ4n) is 3.43. The van der Waals surface area contributed by atoms with E-state index in [-0.39, 0.29) is 11.2 Å². The highest BCUT2D eigenvalue weighted by Crippen LogP contribution is 2.38. The Bertz CT molecular complexity index is 840. The number of hydrogen-bond acceptors (Lipinski definition) is 4. The number of halogens is 1. The molecule has 1 aromatic heterocycles. The quantitative estimate of drug-likeness (QED) is 0.749. The lowest BCUT2D eigenvalue weighted by atomic mass is 9.77. The zero-order valence-corrected chi connectivity index (χ0v) is 18.6. The molecule has 29 heavy (non-hydrogen) atoms. The van der Waals surface area contributed by atoms with E-state index in [1.165, 1.54) is 17.0 Å². The van der Waals surface area contributed by atoms with Crippen molar-refractivity contribution in [2.24, 2.45) is 0 Å². The van der Waals surface area contributed by atoms with E-state index >= 15 is 0 Å². The van der Waals surface area contributed by atoms with Crippen molar-refractivity contribution >= 4 is 28.4 Å². The molecule has 1 fully saturated rings. The minimum absolute atomic E-state index is 0.214. The van der Waals surface area contributed by atoms with Crippen molar-refractivity contribution in [3.8, 4) is 0 Å². The molecule has 3 rings (SSSR count). The van der Waals surface area contributed by atoms with Gasteiger partial charge in [-0.05, 0) is 69.3 Å². The number of carbonyl (C=O) groups is 1. The number of hydrogen-bond donors (Lipinski definition) is 1. The maximum absolute atomic E-state index is 13.1. The first-order valence-corrected chi connectivity index (χ1v) is 11.6. The number of nitrogens with zero attached hydrogens (tertiary/aromatic N) is 1. The average Bonchev–Trinajstić information content (AvgIpc) is 3.21. The molecular formula is C21H27FN2O3S2. The zero-order valence-electron chi connectivity index (χ0n) is 16.9. The summed E-state index contributed by atoms with van der Waals surface area (Å²) >= 11 is 1.67. The summed E-state index contributed by atoms with van der Waals surface area (Å²) in [7, 11) is -1.33. The van der Waals surface area contributed by atoms with Crippen molar-refractivity contribution in [1.82, 2.24) is 9.62 Å². The van der Waals surface area contributed by atoms with Crippen LogP contribution in [-0.2, 0) is 21.1 Å². The third kappa shape index (κ3) is 5.65. The van der Waals surface area contributed by atoms with Crippen LogP contribution in [0.25, 0.3) is 0 Å². The van der Waals surface area contributed by atoms with Crippen LogP contribution in [0.1, 0.15) is 38.5 Å². The Hall–Kier alpha value is -1.77. The predicted molar refractivity (Wildman–Crippen MR) is 114 cm³/mol. The maximum Gasteiger partial charge on any atom is 0.407 e.